The minimum atomic E-state index is 0.182. The normalized spacial score (nSPS) is 13.7. The van der Waals surface area contributed by atoms with Gasteiger partial charge in [-0.2, -0.15) is 0 Å². The number of hydrogen-bond acceptors (Lipinski definition) is 3. The smallest absolute Gasteiger partial charge is 0.0372 e. The molecule has 0 bridgehead atoms. The van der Waals surface area contributed by atoms with Crippen LogP contribution in [-0.4, -0.2) is 23.1 Å². The Hall–Kier alpha value is -0.930. The summed E-state index contributed by atoms with van der Waals surface area (Å²) in [7, 11) is 0. The quantitative estimate of drug-likeness (QED) is 0.822. The van der Waals surface area contributed by atoms with Gasteiger partial charge in [-0.05, 0) is 46.2 Å². The lowest BCUT2D eigenvalue weighted by molar-refractivity contribution is 0.387. The topological polar surface area (TPSA) is 37.0 Å². The van der Waals surface area contributed by atoms with Crippen molar-refractivity contribution in [2.45, 2.75) is 52.7 Å². The number of hydrogen-bond donors (Lipinski definition) is 2. The molecular weight excluding hydrogens is 210 g/mol. The van der Waals surface area contributed by atoms with Crippen molar-refractivity contribution in [2.75, 3.05) is 6.54 Å². The minimum Gasteiger partial charge on any atom is -0.311 e. The highest BCUT2D eigenvalue weighted by Crippen LogP contribution is 2.01. The Morgan fingerprint density at radius 3 is 2.53 bits per heavy atom. The van der Waals surface area contributed by atoms with E-state index in [9.17, 15) is 0 Å². The lowest BCUT2D eigenvalue weighted by atomic mass is 10.1. The molecule has 0 radical (unpaired) electrons. The van der Waals surface area contributed by atoms with Gasteiger partial charge in [0.25, 0.3) is 0 Å². The molecule has 1 aromatic heterocycles. The van der Waals surface area contributed by atoms with Crippen LogP contribution in [0.1, 0.15) is 39.0 Å². The third-order valence-corrected chi connectivity index (χ3v) is 2.57. The zero-order valence-corrected chi connectivity index (χ0v) is 11.7. The van der Waals surface area contributed by atoms with Gasteiger partial charge in [0.1, 0.15) is 0 Å². The first-order valence-corrected chi connectivity index (χ1v) is 6.27. The maximum absolute atomic E-state index is 4.29. The van der Waals surface area contributed by atoms with Crippen molar-refractivity contribution in [1.29, 1.82) is 0 Å². The first-order chi connectivity index (χ1) is 7.87. The van der Waals surface area contributed by atoms with Crippen LogP contribution in [0, 0.1) is 6.92 Å². The highest BCUT2D eigenvalue weighted by Gasteiger charge is 2.10. The van der Waals surface area contributed by atoms with Crippen LogP contribution in [0.3, 0.4) is 0 Å². The summed E-state index contributed by atoms with van der Waals surface area (Å²) in [5, 5.41) is 6.98. The summed E-state index contributed by atoms with van der Waals surface area (Å²) in [6.45, 7) is 12.6. The fraction of sp³-hybridized carbons (Fsp3) is 0.643. The zero-order chi connectivity index (χ0) is 12.9. The van der Waals surface area contributed by atoms with Crippen molar-refractivity contribution in [2.24, 2.45) is 0 Å². The second-order valence-electron chi connectivity index (χ2n) is 5.72. The van der Waals surface area contributed by atoms with E-state index in [2.05, 4.69) is 55.4 Å². The summed E-state index contributed by atoms with van der Waals surface area (Å²) in [4.78, 5) is 4.29. The number of aryl methyl sites for hydroxylation is 1. The van der Waals surface area contributed by atoms with Crippen molar-refractivity contribution in [3.63, 3.8) is 0 Å². The van der Waals surface area contributed by atoms with Crippen LogP contribution in [0.25, 0.3) is 0 Å². The third-order valence-electron chi connectivity index (χ3n) is 2.57. The Morgan fingerprint density at radius 2 is 2.00 bits per heavy atom. The molecule has 0 aliphatic carbocycles. The highest BCUT2D eigenvalue weighted by molar-refractivity contribution is 5.12. The zero-order valence-electron chi connectivity index (χ0n) is 11.7. The minimum absolute atomic E-state index is 0.182. The summed E-state index contributed by atoms with van der Waals surface area (Å²) < 4.78 is 0. The van der Waals surface area contributed by atoms with E-state index in [-0.39, 0.29) is 5.54 Å². The molecule has 1 atom stereocenters. The van der Waals surface area contributed by atoms with E-state index >= 15 is 0 Å². The van der Waals surface area contributed by atoms with Crippen molar-refractivity contribution in [3.8, 4) is 0 Å². The molecule has 1 aromatic rings. The van der Waals surface area contributed by atoms with E-state index in [4.69, 9.17) is 0 Å². The summed E-state index contributed by atoms with van der Waals surface area (Å²) in [6, 6.07) is 4.63. The van der Waals surface area contributed by atoms with Crippen molar-refractivity contribution in [1.82, 2.24) is 15.6 Å². The van der Waals surface area contributed by atoms with Gasteiger partial charge in [0.05, 0.1) is 0 Å². The molecule has 0 aromatic carbocycles. The fourth-order valence-corrected chi connectivity index (χ4v) is 1.43. The van der Waals surface area contributed by atoms with Crippen LogP contribution in [0.4, 0.5) is 0 Å². The molecular formula is C14H25N3. The van der Waals surface area contributed by atoms with Gasteiger partial charge < -0.3 is 10.6 Å². The predicted molar refractivity (Wildman–Crippen MR) is 73.0 cm³/mol. The number of rotatable bonds is 5. The Balaban J connectivity index is 2.28. The van der Waals surface area contributed by atoms with Crippen LogP contribution in [0.5, 0.6) is 0 Å². The molecule has 3 nitrogen and oxygen atoms in total. The van der Waals surface area contributed by atoms with Gasteiger partial charge in [-0.15, -0.1) is 0 Å². The Bertz CT molecular complexity index is 324. The van der Waals surface area contributed by atoms with Gasteiger partial charge >= 0.3 is 0 Å². The molecule has 1 unspecified atom stereocenters. The average molecular weight is 235 g/mol. The number of nitrogens with one attached hydrogen (secondary N) is 2. The van der Waals surface area contributed by atoms with E-state index in [0.717, 1.165) is 18.8 Å². The fourth-order valence-electron chi connectivity index (χ4n) is 1.43. The SMILES string of the molecule is Cc1ccc(CNC(C)CNC(C)(C)C)cn1. The van der Waals surface area contributed by atoms with Crippen LogP contribution in [0.2, 0.25) is 0 Å². The van der Waals surface area contributed by atoms with Crippen LogP contribution < -0.4 is 10.6 Å². The molecule has 0 amide bonds. The number of pyridine rings is 1. The third kappa shape index (κ3) is 6.39. The molecule has 3 heteroatoms. The first-order valence-electron chi connectivity index (χ1n) is 6.27. The van der Waals surface area contributed by atoms with E-state index < -0.39 is 0 Å². The van der Waals surface area contributed by atoms with E-state index in [1.165, 1.54) is 5.56 Å². The van der Waals surface area contributed by atoms with E-state index in [1.807, 2.05) is 13.1 Å². The highest BCUT2D eigenvalue weighted by atomic mass is 15.0. The van der Waals surface area contributed by atoms with Crippen molar-refractivity contribution < 1.29 is 0 Å². The Kier molecular flexibility index (Phi) is 5.09. The molecule has 0 fully saturated rings. The van der Waals surface area contributed by atoms with Gasteiger partial charge in [0.15, 0.2) is 0 Å². The maximum atomic E-state index is 4.29. The van der Waals surface area contributed by atoms with E-state index in [0.29, 0.717) is 6.04 Å². The Labute approximate surface area is 105 Å². The molecule has 17 heavy (non-hydrogen) atoms. The van der Waals surface area contributed by atoms with Crippen LogP contribution in [-0.2, 0) is 6.54 Å². The number of nitrogens with zero attached hydrogens (tertiary/aromatic N) is 1. The summed E-state index contributed by atoms with van der Waals surface area (Å²) >= 11 is 0. The van der Waals surface area contributed by atoms with Crippen LogP contribution in [0.15, 0.2) is 18.3 Å². The van der Waals surface area contributed by atoms with Gasteiger partial charge in [0, 0.05) is 36.6 Å². The summed E-state index contributed by atoms with van der Waals surface area (Å²) in [5.41, 5.74) is 2.48. The van der Waals surface area contributed by atoms with Crippen LogP contribution >= 0.6 is 0 Å². The predicted octanol–water partition coefficient (Wildman–Crippen LogP) is 2.26. The van der Waals surface area contributed by atoms with E-state index in [1.54, 1.807) is 0 Å². The molecule has 1 rings (SSSR count). The van der Waals surface area contributed by atoms with Gasteiger partial charge in [-0.3, -0.25) is 4.98 Å². The second-order valence-corrected chi connectivity index (χ2v) is 5.72. The van der Waals surface area contributed by atoms with Gasteiger partial charge in [0.2, 0.25) is 0 Å². The summed E-state index contributed by atoms with van der Waals surface area (Å²) in [5.74, 6) is 0. The molecule has 0 saturated heterocycles. The molecule has 0 aliphatic rings. The molecule has 0 spiro atoms. The molecule has 0 aliphatic heterocycles. The average Bonchev–Trinajstić information content (AvgIpc) is 2.25. The standard InChI is InChI=1S/C14H25N3/c1-11-6-7-13(9-15-11)10-16-12(2)8-17-14(3,4)5/h6-7,9,12,16-17H,8,10H2,1-5H3. The van der Waals surface area contributed by atoms with Crippen molar-refractivity contribution in [3.05, 3.63) is 29.6 Å². The molecule has 2 N–H and O–H groups in total. The monoisotopic (exact) mass is 235 g/mol. The maximum Gasteiger partial charge on any atom is 0.0372 e. The van der Waals surface area contributed by atoms with Gasteiger partial charge in [-0.1, -0.05) is 6.07 Å². The Morgan fingerprint density at radius 1 is 1.29 bits per heavy atom. The molecule has 0 saturated carbocycles. The lowest BCUT2D eigenvalue weighted by Gasteiger charge is -2.24. The second kappa shape index (κ2) is 6.12. The lowest BCUT2D eigenvalue weighted by Crippen LogP contribution is -2.44. The molecule has 1 heterocycles. The van der Waals surface area contributed by atoms with Crippen molar-refractivity contribution >= 4 is 0 Å². The van der Waals surface area contributed by atoms with Gasteiger partial charge in [-0.25, -0.2) is 0 Å². The first kappa shape index (κ1) is 14.1. The largest absolute Gasteiger partial charge is 0.311 e. The summed E-state index contributed by atoms with van der Waals surface area (Å²) in [6.07, 6.45) is 1.94. The number of aromatic nitrogens is 1. The molecule has 96 valence electrons.